The lowest BCUT2D eigenvalue weighted by atomic mass is 9.96. The first-order valence-corrected chi connectivity index (χ1v) is 6.03. The quantitative estimate of drug-likeness (QED) is 0.691. The van der Waals surface area contributed by atoms with Crippen LogP contribution in [0.3, 0.4) is 0 Å². The van der Waals surface area contributed by atoms with E-state index in [1.54, 1.807) is 6.92 Å². The van der Waals surface area contributed by atoms with Crippen molar-refractivity contribution in [2.45, 2.75) is 25.0 Å². The Morgan fingerprint density at radius 3 is 2.74 bits per heavy atom. The number of aromatic nitrogens is 2. The van der Waals surface area contributed by atoms with E-state index in [0.717, 1.165) is 10.6 Å². The smallest absolute Gasteiger partial charge is 0.335 e. The lowest BCUT2D eigenvalue weighted by Crippen LogP contribution is -2.44. The minimum atomic E-state index is -1.28. The molecule has 3 N–H and O–H groups in total. The van der Waals surface area contributed by atoms with Crippen molar-refractivity contribution in [1.82, 2.24) is 9.55 Å². The maximum Gasteiger partial charge on any atom is 0.335 e. The molecule has 1 aliphatic heterocycles. The van der Waals surface area contributed by atoms with Gasteiger partial charge in [-0.05, 0) is 6.42 Å². The van der Waals surface area contributed by atoms with E-state index < -0.39 is 29.6 Å². The lowest BCUT2D eigenvalue weighted by molar-refractivity contribution is -0.0723. The molecule has 0 spiro atoms. The molecule has 0 amide bonds. The van der Waals surface area contributed by atoms with E-state index in [4.69, 9.17) is 16.3 Å². The summed E-state index contributed by atoms with van der Waals surface area (Å²) in [5, 5.41) is 19.3. The molecule has 8 heteroatoms. The molecule has 0 saturated carbocycles. The van der Waals surface area contributed by atoms with E-state index in [9.17, 15) is 19.8 Å². The van der Waals surface area contributed by atoms with Crippen LogP contribution in [0.5, 0.6) is 0 Å². The molecule has 0 bridgehead atoms. The zero-order chi connectivity index (χ0) is 14.2. The van der Waals surface area contributed by atoms with E-state index in [0.29, 0.717) is 6.42 Å². The highest BCUT2D eigenvalue weighted by atomic mass is 35.5. The number of nitrogens with zero attached hydrogens (tertiary/aromatic N) is 1. The van der Waals surface area contributed by atoms with Gasteiger partial charge >= 0.3 is 5.69 Å². The van der Waals surface area contributed by atoms with Crippen LogP contribution in [0.2, 0.25) is 0 Å². The predicted molar refractivity (Wildman–Crippen MR) is 67.6 cm³/mol. The number of nitrogens with one attached hydrogen (secondary N) is 1. The van der Waals surface area contributed by atoms with Crippen molar-refractivity contribution >= 4 is 17.5 Å². The topological polar surface area (TPSA) is 105 Å². The average molecular weight is 289 g/mol. The molecule has 2 atom stereocenters. The second kappa shape index (κ2) is 4.84. The second-order valence-corrected chi connectivity index (χ2v) is 4.62. The Balaban J connectivity index is 2.52. The standard InChI is InChI=1S/C11H13ClN2O5/c1-2-11(5-15)8(17)7(12)9(19-11)14-4-3-6(16)13-10(14)18/h3-4,8,15,17H,2,5H2,1H3,(H,13,16,18)/t8-,11+/m0/s1. The Kier molecular flexibility index (Phi) is 3.53. The number of aliphatic hydroxyl groups is 2. The van der Waals surface area contributed by atoms with Gasteiger partial charge in [-0.3, -0.25) is 9.78 Å². The molecule has 1 aromatic heterocycles. The molecule has 0 unspecified atom stereocenters. The number of H-pyrrole nitrogens is 1. The number of hydrogen-bond donors (Lipinski definition) is 3. The van der Waals surface area contributed by atoms with Crippen LogP contribution >= 0.6 is 11.6 Å². The molecule has 19 heavy (non-hydrogen) atoms. The third-order valence-electron chi connectivity index (χ3n) is 3.15. The Bertz CT molecular complexity index is 628. The van der Waals surface area contributed by atoms with Crippen LogP contribution in [0.4, 0.5) is 0 Å². The molecule has 2 heterocycles. The van der Waals surface area contributed by atoms with Crippen molar-refractivity contribution in [3.8, 4) is 0 Å². The van der Waals surface area contributed by atoms with Gasteiger partial charge in [0, 0.05) is 12.3 Å². The Morgan fingerprint density at radius 1 is 1.58 bits per heavy atom. The average Bonchev–Trinajstić information content (AvgIpc) is 2.64. The molecule has 1 aromatic rings. The van der Waals surface area contributed by atoms with E-state index in [-0.39, 0.29) is 10.9 Å². The first-order valence-electron chi connectivity index (χ1n) is 5.65. The van der Waals surface area contributed by atoms with Gasteiger partial charge in [0.2, 0.25) is 5.88 Å². The molecule has 0 radical (unpaired) electrons. The van der Waals surface area contributed by atoms with Crippen molar-refractivity contribution in [2.75, 3.05) is 6.61 Å². The van der Waals surface area contributed by atoms with Crippen LogP contribution in [0.15, 0.2) is 26.9 Å². The van der Waals surface area contributed by atoms with Gasteiger partial charge in [-0.1, -0.05) is 18.5 Å². The zero-order valence-corrected chi connectivity index (χ0v) is 10.8. The molecular weight excluding hydrogens is 276 g/mol. The Hall–Kier alpha value is -1.57. The summed E-state index contributed by atoms with van der Waals surface area (Å²) in [5.41, 5.74) is -2.57. The van der Waals surface area contributed by atoms with Crippen molar-refractivity contribution < 1.29 is 14.9 Å². The summed E-state index contributed by atoms with van der Waals surface area (Å²) in [6.07, 6.45) is 0.245. The van der Waals surface area contributed by atoms with Gasteiger partial charge in [0.15, 0.2) is 5.60 Å². The monoisotopic (exact) mass is 288 g/mol. The van der Waals surface area contributed by atoms with Gasteiger partial charge < -0.3 is 14.9 Å². The lowest BCUT2D eigenvalue weighted by Gasteiger charge is -2.29. The van der Waals surface area contributed by atoms with Gasteiger partial charge in [-0.25, -0.2) is 9.36 Å². The normalized spacial score (nSPS) is 26.6. The first-order chi connectivity index (χ1) is 8.95. The van der Waals surface area contributed by atoms with Crippen molar-refractivity contribution in [3.05, 3.63) is 38.1 Å². The molecule has 0 fully saturated rings. The minimum absolute atomic E-state index is 0.0914. The molecule has 1 aliphatic rings. The molecule has 104 valence electrons. The molecule has 0 aromatic carbocycles. The fraction of sp³-hybridized carbons (Fsp3) is 0.455. The van der Waals surface area contributed by atoms with Crippen LogP contribution in [0, 0.1) is 0 Å². The largest absolute Gasteiger partial charge is 0.465 e. The SMILES string of the molecule is CC[C@]1(CO)OC(n2ccc(=O)[nH]c2=O)=C(Cl)[C@@H]1O. The maximum atomic E-state index is 11.7. The van der Waals surface area contributed by atoms with E-state index in [2.05, 4.69) is 0 Å². The summed E-state index contributed by atoms with van der Waals surface area (Å²) in [5.74, 6) is -0.0914. The van der Waals surface area contributed by atoms with E-state index >= 15 is 0 Å². The molecule has 2 rings (SSSR count). The number of aromatic amines is 1. The van der Waals surface area contributed by atoms with Crippen molar-refractivity contribution in [1.29, 1.82) is 0 Å². The molecule has 0 aliphatic carbocycles. The number of ether oxygens (including phenoxy) is 1. The number of rotatable bonds is 3. The van der Waals surface area contributed by atoms with E-state index in [1.807, 2.05) is 4.98 Å². The molecular formula is C11H13ClN2O5. The first kappa shape index (κ1) is 13.9. The van der Waals surface area contributed by atoms with Crippen molar-refractivity contribution in [2.24, 2.45) is 0 Å². The number of aliphatic hydroxyl groups excluding tert-OH is 2. The summed E-state index contributed by atoms with van der Waals surface area (Å²) >= 11 is 5.96. The minimum Gasteiger partial charge on any atom is -0.465 e. The van der Waals surface area contributed by atoms with Gasteiger partial charge in [-0.15, -0.1) is 0 Å². The van der Waals surface area contributed by atoms with Gasteiger partial charge in [0.25, 0.3) is 5.56 Å². The summed E-state index contributed by atoms with van der Waals surface area (Å²) in [7, 11) is 0. The van der Waals surface area contributed by atoms with Crippen molar-refractivity contribution in [3.63, 3.8) is 0 Å². The van der Waals surface area contributed by atoms with Crippen LogP contribution in [0.1, 0.15) is 13.3 Å². The summed E-state index contributed by atoms with van der Waals surface area (Å²) in [6, 6.07) is 1.12. The highest BCUT2D eigenvalue weighted by Gasteiger charge is 2.48. The highest BCUT2D eigenvalue weighted by Crippen LogP contribution is 2.39. The zero-order valence-electron chi connectivity index (χ0n) is 10.1. The second-order valence-electron chi connectivity index (χ2n) is 4.21. The van der Waals surface area contributed by atoms with Gasteiger partial charge in [-0.2, -0.15) is 0 Å². The van der Waals surface area contributed by atoms with Crippen LogP contribution in [0.25, 0.3) is 5.88 Å². The van der Waals surface area contributed by atoms with Gasteiger partial charge in [0.05, 0.1) is 6.61 Å². The third kappa shape index (κ3) is 2.09. The highest BCUT2D eigenvalue weighted by molar-refractivity contribution is 6.32. The number of halogens is 1. The fourth-order valence-electron chi connectivity index (χ4n) is 1.88. The summed E-state index contributed by atoms with van der Waals surface area (Å²) < 4.78 is 6.44. The number of hydrogen-bond acceptors (Lipinski definition) is 5. The summed E-state index contributed by atoms with van der Waals surface area (Å²) in [4.78, 5) is 24.7. The van der Waals surface area contributed by atoms with E-state index in [1.165, 1.54) is 6.20 Å². The third-order valence-corrected chi connectivity index (χ3v) is 3.52. The Labute approximate surface area is 112 Å². The fourth-order valence-corrected chi connectivity index (χ4v) is 2.21. The maximum absolute atomic E-state index is 11.7. The molecule has 0 saturated heterocycles. The summed E-state index contributed by atoms with van der Waals surface area (Å²) in [6.45, 7) is 1.25. The van der Waals surface area contributed by atoms with Crippen LogP contribution in [-0.4, -0.2) is 38.1 Å². The van der Waals surface area contributed by atoms with Crippen LogP contribution in [-0.2, 0) is 4.74 Å². The predicted octanol–water partition coefficient (Wildman–Crippen LogP) is -0.566. The molecule has 7 nitrogen and oxygen atoms in total. The van der Waals surface area contributed by atoms with Crippen LogP contribution < -0.4 is 11.2 Å². The Morgan fingerprint density at radius 2 is 2.26 bits per heavy atom. The van der Waals surface area contributed by atoms with Gasteiger partial charge in [0.1, 0.15) is 11.1 Å².